The Morgan fingerprint density at radius 2 is 2.38 bits per heavy atom. The van der Waals surface area contributed by atoms with Gasteiger partial charge >= 0.3 is 0 Å². The van der Waals surface area contributed by atoms with Crippen molar-refractivity contribution in [3.8, 4) is 0 Å². The molecule has 46 valence electrons. The number of hydrogen-bond acceptors (Lipinski definition) is 1. The van der Waals surface area contributed by atoms with Crippen molar-refractivity contribution in [1.82, 2.24) is 0 Å². The number of carbonyl (C=O) groups is 1. The van der Waals surface area contributed by atoms with Crippen LogP contribution in [0.5, 0.6) is 0 Å². The maximum absolute atomic E-state index is 11.1. The third kappa shape index (κ3) is 1.92. The van der Waals surface area contributed by atoms with Gasteiger partial charge in [0, 0.05) is 5.41 Å². The summed E-state index contributed by atoms with van der Waals surface area (Å²) in [6.45, 7) is 4.26. The van der Waals surface area contributed by atoms with E-state index in [-0.39, 0.29) is 0 Å². The van der Waals surface area contributed by atoms with Crippen molar-refractivity contribution in [2.45, 2.75) is 20.8 Å². The zero-order chi connectivity index (χ0) is 9.23. The van der Waals surface area contributed by atoms with Gasteiger partial charge in [-0.05, 0) is 6.05 Å². The normalized spacial score (nSPS) is 15.6. The summed E-state index contributed by atoms with van der Waals surface area (Å²) in [4.78, 5) is 11.1. The summed E-state index contributed by atoms with van der Waals surface area (Å²) in [6.07, 6.45) is 0. The van der Waals surface area contributed by atoms with Crippen molar-refractivity contribution in [2.75, 3.05) is 0 Å². The maximum Gasteiger partial charge on any atom is 0.160 e. The average Bonchev–Trinajstić information content (AvgIpc) is 1.82. The Morgan fingerprint density at radius 3 is 2.50 bits per heavy atom. The fourth-order valence-electron chi connectivity index (χ4n) is 0.188. The summed E-state index contributed by atoms with van der Waals surface area (Å²) >= 11 is 0. The Morgan fingerprint density at radius 1 is 1.88 bits per heavy atom. The second-order valence-electron chi connectivity index (χ2n) is 2.70. The predicted octanol–water partition coefficient (Wildman–Crippen LogP) is 1.79. The molecule has 0 aromatic rings. The summed E-state index contributed by atoms with van der Waals surface area (Å²) in [5.74, 6) is -0.461. The molecule has 0 aliphatic carbocycles. The molecule has 0 bridgehead atoms. The third-order valence-electron chi connectivity index (χ3n) is 0.795. The van der Waals surface area contributed by atoms with Gasteiger partial charge in [0.25, 0.3) is 0 Å². The molecule has 0 atom stereocenters. The summed E-state index contributed by atoms with van der Waals surface area (Å²) in [6, 6.07) is -0.516. The molecule has 0 saturated heterocycles. The van der Waals surface area contributed by atoms with Gasteiger partial charge in [0.15, 0.2) is 5.78 Å². The Hall–Kier alpha value is -0.590. The highest BCUT2D eigenvalue weighted by molar-refractivity contribution is 5.93. The van der Waals surface area contributed by atoms with Crippen LogP contribution in [0.4, 0.5) is 0 Å². The Balaban J connectivity index is 4.67. The van der Waals surface area contributed by atoms with Gasteiger partial charge in [-0.25, -0.2) is 0 Å². The molecule has 0 aromatic carbocycles. The van der Waals surface area contributed by atoms with E-state index in [1.807, 2.05) is 0 Å². The highest BCUT2D eigenvalue weighted by Gasteiger charge is 2.16. The van der Waals surface area contributed by atoms with Crippen LogP contribution in [0.1, 0.15) is 24.9 Å². The topological polar surface area (TPSA) is 17.1 Å². The van der Waals surface area contributed by atoms with Crippen LogP contribution in [0.2, 0.25) is 0 Å². The van der Waals surface area contributed by atoms with E-state index in [0.29, 0.717) is 0 Å². The fourth-order valence-corrected chi connectivity index (χ4v) is 0.188. The molecule has 0 aliphatic rings. The van der Waals surface area contributed by atoms with Gasteiger partial charge in [-0.3, -0.25) is 4.79 Å². The number of carbonyl (C=O) groups excluding carboxylic acids is 1. The van der Waals surface area contributed by atoms with Gasteiger partial charge in [0.2, 0.25) is 0 Å². The maximum atomic E-state index is 11.1. The van der Waals surface area contributed by atoms with Crippen LogP contribution in [-0.4, -0.2) is 5.78 Å². The SMILES string of the molecule is [2H]C([2H])=C([2H])C(=O)C(C)(C)C. The standard InChI is InChI=1S/C7H12O/c1-5-6(8)7(2,3)4/h5H,1H2,2-4H3/i1D2,5D. The molecule has 0 fully saturated rings. The smallest absolute Gasteiger partial charge is 0.160 e. The van der Waals surface area contributed by atoms with Gasteiger partial charge < -0.3 is 0 Å². The molecule has 0 N–H and O–H groups in total. The first-order chi connectivity index (χ1) is 4.76. The van der Waals surface area contributed by atoms with Crippen molar-refractivity contribution >= 4 is 5.78 Å². The molecule has 0 spiro atoms. The minimum Gasteiger partial charge on any atom is -0.294 e. The first kappa shape index (κ1) is 3.44. The highest BCUT2D eigenvalue weighted by atomic mass is 16.1. The second-order valence-corrected chi connectivity index (χ2v) is 2.70. The van der Waals surface area contributed by atoms with E-state index >= 15 is 0 Å². The van der Waals surface area contributed by atoms with E-state index in [4.69, 9.17) is 4.11 Å². The number of hydrogen-bond donors (Lipinski definition) is 0. The quantitative estimate of drug-likeness (QED) is 0.476. The van der Waals surface area contributed by atoms with Crippen LogP contribution < -0.4 is 0 Å². The van der Waals surface area contributed by atoms with E-state index < -0.39 is 23.8 Å². The summed E-state index contributed by atoms with van der Waals surface area (Å²) < 4.78 is 20.5. The lowest BCUT2D eigenvalue weighted by molar-refractivity contribution is -0.121. The Bertz CT molecular complexity index is 196. The molecule has 1 heteroatoms. The molecule has 1 nitrogen and oxygen atoms in total. The zero-order valence-corrected chi connectivity index (χ0v) is 5.41. The minimum atomic E-state index is -0.718. The summed E-state index contributed by atoms with van der Waals surface area (Å²) in [5.41, 5.74) is -0.662. The molecule has 0 heterocycles. The van der Waals surface area contributed by atoms with Crippen molar-refractivity contribution in [3.05, 3.63) is 12.6 Å². The lowest BCUT2D eigenvalue weighted by Crippen LogP contribution is -2.16. The monoisotopic (exact) mass is 115 g/mol. The largest absolute Gasteiger partial charge is 0.294 e. The van der Waals surface area contributed by atoms with Crippen molar-refractivity contribution in [3.63, 3.8) is 0 Å². The summed E-state index contributed by atoms with van der Waals surface area (Å²) in [7, 11) is 0. The van der Waals surface area contributed by atoms with E-state index in [0.717, 1.165) is 0 Å². The number of allylic oxidation sites excluding steroid dienone is 1. The molecule has 0 radical (unpaired) electrons. The molecule has 0 aromatic heterocycles. The van der Waals surface area contributed by atoms with E-state index in [2.05, 4.69) is 0 Å². The van der Waals surface area contributed by atoms with Crippen LogP contribution >= 0.6 is 0 Å². The van der Waals surface area contributed by atoms with E-state index in [1.54, 1.807) is 20.8 Å². The molecule has 0 amide bonds. The average molecular weight is 115 g/mol. The van der Waals surface area contributed by atoms with Crippen molar-refractivity contribution in [1.29, 1.82) is 0 Å². The number of rotatable bonds is 1. The van der Waals surface area contributed by atoms with Crippen LogP contribution in [0.3, 0.4) is 0 Å². The van der Waals surface area contributed by atoms with Gasteiger partial charge in [-0.15, -0.1) is 0 Å². The van der Waals surface area contributed by atoms with E-state index in [9.17, 15) is 4.79 Å². The number of ketones is 1. The Labute approximate surface area is 54.6 Å². The van der Waals surface area contributed by atoms with Gasteiger partial charge in [0.05, 0.1) is 4.11 Å². The molecular weight excluding hydrogens is 100 g/mol. The first-order valence-corrected chi connectivity index (χ1v) is 2.45. The third-order valence-corrected chi connectivity index (χ3v) is 0.795. The highest BCUT2D eigenvalue weighted by Crippen LogP contribution is 2.13. The molecule has 0 unspecified atom stereocenters. The molecule has 0 aliphatic heterocycles. The second kappa shape index (κ2) is 2.12. The lowest BCUT2D eigenvalue weighted by atomic mass is 9.91. The van der Waals surface area contributed by atoms with Crippen molar-refractivity contribution < 1.29 is 8.91 Å². The molecule has 0 rings (SSSR count). The van der Waals surface area contributed by atoms with E-state index in [1.165, 1.54) is 0 Å². The summed E-state index contributed by atoms with van der Waals surface area (Å²) in [5, 5.41) is 0. The van der Waals surface area contributed by atoms with Crippen LogP contribution in [-0.2, 0) is 4.79 Å². The van der Waals surface area contributed by atoms with Crippen LogP contribution in [0.25, 0.3) is 0 Å². The first-order valence-electron chi connectivity index (χ1n) is 3.95. The van der Waals surface area contributed by atoms with Crippen molar-refractivity contribution in [2.24, 2.45) is 5.41 Å². The predicted molar refractivity (Wildman–Crippen MR) is 34.7 cm³/mol. The van der Waals surface area contributed by atoms with Crippen LogP contribution in [0, 0.1) is 5.41 Å². The fraction of sp³-hybridized carbons (Fsp3) is 0.571. The minimum absolute atomic E-state index is 0.461. The van der Waals surface area contributed by atoms with Crippen LogP contribution in [0.15, 0.2) is 12.6 Å². The molecular formula is C7H12O. The Kier molecular flexibility index (Phi) is 0.911. The molecule has 0 saturated carbocycles. The molecule has 8 heavy (non-hydrogen) atoms. The zero-order valence-electron chi connectivity index (χ0n) is 8.41. The van der Waals surface area contributed by atoms with Gasteiger partial charge in [-0.2, -0.15) is 0 Å². The van der Waals surface area contributed by atoms with Gasteiger partial charge in [-0.1, -0.05) is 27.3 Å². The lowest BCUT2D eigenvalue weighted by Gasteiger charge is -2.11. The van der Waals surface area contributed by atoms with Gasteiger partial charge in [0.1, 0.15) is 0 Å².